The number of hydrogen-bond acceptors (Lipinski definition) is 7. The lowest BCUT2D eigenvalue weighted by atomic mass is 9.78. The highest BCUT2D eigenvalue weighted by atomic mass is 35.5. The maximum Gasteiger partial charge on any atom is 0.344 e. The minimum absolute atomic E-state index is 0.158. The number of carbonyl (C=O) groups excluding carboxylic acids is 3. The second-order valence-corrected chi connectivity index (χ2v) is 12.3. The van der Waals surface area contributed by atoms with Crippen LogP contribution in [0.3, 0.4) is 0 Å². The topological polar surface area (TPSA) is 125 Å². The summed E-state index contributed by atoms with van der Waals surface area (Å²) in [6.45, 7) is 1.10. The summed E-state index contributed by atoms with van der Waals surface area (Å²) in [5.41, 5.74) is 2.99. The number of esters is 1. The molecular formula is C37H36Cl2N2O7. The fourth-order valence-corrected chi connectivity index (χ4v) is 6.42. The second kappa shape index (κ2) is 16.1. The first-order valence-electron chi connectivity index (χ1n) is 15.5. The minimum Gasteiger partial charge on any atom is -0.482 e. The van der Waals surface area contributed by atoms with Gasteiger partial charge >= 0.3 is 5.97 Å². The Hall–Kier alpha value is -4.41. The van der Waals surface area contributed by atoms with Gasteiger partial charge in [-0.05, 0) is 65.9 Å². The lowest BCUT2D eigenvalue weighted by Gasteiger charge is -2.46. The molecule has 4 aromatic rings. The van der Waals surface area contributed by atoms with Crippen molar-refractivity contribution in [1.29, 1.82) is 0 Å². The number of fused-ring (bicyclic) bond motifs is 1. The fourth-order valence-electron chi connectivity index (χ4n) is 5.90. The van der Waals surface area contributed by atoms with E-state index in [4.69, 9.17) is 32.7 Å². The van der Waals surface area contributed by atoms with Crippen molar-refractivity contribution in [2.24, 2.45) is 0 Å². The molecule has 0 saturated carbocycles. The van der Waals surface area contributed by atoms with Crippen molar-refractivity contribution in [1.82, 2.24) is 10.2 Å². The molecule has 1 aliphatic rings. The number of ether oxygens (including phenoxy) is 2. The Morgan fingerprint density at radius 1 is 0.917 bits per heavy atom. The van der Waals surface area contributed by atoms with Crippen molar-refractivity contribution in [2.75, 3.05) is 19.8 Å². The van der Waals surface area contributed by atoms with Gasteiger partial charge in [-0.2, -0.15) is 0 Å². The van der Waals surface area contributed by atoms with Gasteiger partial charge in [0.25, 0.3) is 5.91 Å². The predicted octanol–water partition coefficient (Wildman–Crippen LogP) is 5.50. The first-order valence-corrected chi connectivity index (χ1v) is 16.3. The van der Waals surface area contributed by atoms with Crippen molar-refractivity contribution >= 4 is 41.0 Å². The molecule has 0 spiro atoms. The minimum atomic E-state index is -1.11. The first kappa shape index (κ1) is 34.9. The zero-order valence-corrected chi connectivity index (χ0v) is 27.7. The van der Waals surface area contributed by atoms with Crippen LogP contribution in [0.15, 0.2) is 97.1 Å². The van der Waals surface area contributed by atoms with E-state index in [1.54, 1.807) is 54.6 Å². The van der Waals surface area contributed by atoms with E-state index in [2.05, 4.69) is 5.32 Å². The highest BCUT2D eigenvalue weighted by Gasteiger charge is 2.48. The Balaban J connectivity index is 1.32. The summed E-state index contributed by atoms with van der Waals surface area (Å²) in [5.74, 6) is -1.75. The number of carbonyl (C=O) groups is 3. The molecule has 1 aliphatic heterocycles. The molecule has 0 aromatic heterocycles. The Bertz CT molecular complexity index is 1750. The van der Waals surface area contributed by atoms with Crippen LogP contribution >= 0.6 is 23.2 Å². The third-order valence-corrected chi connectivity index (χ3v) is 8.81. The Morgan fingerprint density at radius 3 is 2.38 bits per heavy atom. The predicted molar refractivity (Wildman–Crippen MR) is 182 cm³/mol. The van der Waals surface area contributed by atoms with Crippen LogP contribution in [0, 0.1) is 0 Å². The number of rotatable bonds is 13. The number of benzene rings is 4. The smallest absolute Gasteiger partial charge is 0.344 e. The van der Waals surface area contributed by atoms with Crippen molar-refractivity contribution < 1.29 is 34.1 Å². The van der Waals surface area contributed by atoms with Crippen LogP contribution in [0.5, 0.6) is 5.75 Å². The average molecular weight is 692 g/mol. The highest BCUT2D eigenvalue weighted by Crippen LogP contribution is 2.46. The van der Waals surface area contributed by atoms with Crippen molar-refractivity contribution in [3.05, 3.63) is 135 Å². The molecule has 9 nitrogen and oxygen atoms in total. The van der Waals surface area contributed by atoms with Crippen LogP contribution in [0.25, 0.3) is 0 Å². The van der Waals surface area contributed by atoms with Gasteiger partial charge in [0.05, 0.1) is 30.7 Å². The quantitative estimate of drug-likeness (QED) is 0.158. The van der Waals surface area contributed by atoms with Crippen LogP contribution in [0.1, 0.15) is 51.5 Å². The summed E-state index contributed by atoms with van der Waals surface area (Å²) < 4.78 is 10.9. The maximum atomic E-state index is 14.1. The van der Waals surface area contributed by atoms with E-state index < -0.39 is 42.6 Å². The van der Waals surface area contributed by atoms with Crippen molar-refractivity contribution in [3.63, 3.8) is 0 Å². The third kappa shape index (κ3) is 8.17. The zero-order chi connectivity index (χ0) is 34.2. The molecule has 4 atom stereocenters. The van der Waals surface area contributed by atoms with Gasteiger partial charge in [-0.15, -0.1) is 0 Å². The standard InChI is InChI=1S/C37H36Cl2N2O7/c1-23(43)32(20-42)41-35(30-15-14-26(38)19-31(30)39)34(28-12-5-6-13-29(28)37(41)46)36(45)40-17-16-24-10-7-11-27(18-24)47-22-33(44)48-21-25-8-3-2-4-9-25/h2-15,18-19,23,32,34-35,42-43H,16-17,20-22H2,1H3,(H,40,45)/t23-,32-,34+,35-/m0/s1. The lowest BCUT2D eigenvalue weighted by Crippen LogP contribution is -2.55. The van der Waals surface area contributed by atoms with E-state index in [9.17, 15) is 24.6 Å². The number of hydrogen-bond donors (Lipinski definition) is 3. The molecule has 3 N–H and O–H groups in total. The molecule has 0 fully saturated rings. The van der Waals surface area contributed by atoms with Crippen LogP contribution in [-0.2, 0) is 27.4 Å². The van der Waals surface area contributed by atoms with E-state index in [0.29, 0.717) is 33.9 Å². The molecule has 11 heteroatoms. The second-order valence-electron chi connectivity index (χ2n) is 11.5. The number of halogens is 2. The first-order chi connectivity index (χ1) is 23.2. The number of amides is 2. The van der Waals surface area contributed by atoms with Crippen LogP contribution in [0.2, 0.25) is 10.0 Å². The molecule has 0 saturated heterocycles. The van der Waals surface area contributed by atoms with Gasteiger partial charge in [-0.25, -0.2) is 4.79 Å². The SMILES string of the molecule is C[C@H](O)[C@H](CO)N1C(=O)c2ccccc2[C@@H](C(=O)NCCc2cccc(OCC(=O)OCc3ccccc3)c2)[C@@H]1c1ccc(Cl)cc1Cl. The van der Waals surface area contributed by atoms with E-state index >= 15 is 0 Å². The number of nitrogens with zero attached hydrogens (tertiary/aromatic N) is 1. The molecule has 5 rings (SSSR count). The molecule has 0 radical (unpaired) electrons. The number of aliphatic hydroxyl groups excluding tert-OH is 2. The zero-order valence-electron chi connectivity index (χ0n) is 26.2. The fraction of sp³-hybridized carbons (Fsp3) is 0.270. The van der Waals surface area contributed by atoms with Gasteiger partial charge in [0, 0.05) is 22.2 Å². The summed E-state index contributed by atoms with van der Waals surface area (Å²) in [6.07, 6.45) is -0.667. The summed E-state index contributed by atoms with van der Waals surface area (Å²) in [4.78, 5) is 41.6. The molecular weight excluding hydrogens is 655 g/mol. The monoisotopic (exact) mass is 690 g/mol. The molecule has 4 aromatic carbocycles. The molecule has 1 heterocycles. The number of aliphatic hydroxyl groups is 2. The van der Waals surface area contributed by atoms with Crippen LogP contribution < -0.4 is 10.1 Å². The van der Waals surface area contributed by atoms with E-state index in [-0.39, 0.29) is 30.7 Å². The molecule has 250 valence electrons. The van der Waals surface area contributed by atoms with Gasteiger partial charge in [0.15, 0.2) is 6.61 Å². The molecule has 0 unspecified atom stereocenters. The normalized spacial score (nSPS) is 16.9. The van der Waals surface area contributed by atoms with Gasteiger partial charge in [0.1, 0.15) is 12.4 Å². The Morgan fingerprint density at radius 2 is 1.65 bits per heavy atom. The summed E-state index contributed by atoms with van der Waals surface area (Å²) in [5, 5.41) is 24.6. The largest absolute Gasteiger partial charge is 0.482 e. The number of nitrogens with one attached hydrogen (secondary N) is 1. The van der Waals surface area contributed by atoms with Gasteiger partial charge in [0.2, 0.25) is 5.91 Å². The van der Waals surface area contributed by atoms with Gasteiger partial charge in [-0.1, -0.05) is 89.9 Å². The van der Waals surface area contributed by atoms with Gasteiger partial charge < -0.3 is 29.9 Å². The van der Waals surface area contributed by atoms with Crippen LogP contribution in [0.4, 0.5) is 0 Å². The summed E-state index contributed by atoms with van der Waals surface area (Å²) in [7, 11) is 0. The van der Waals surface area contributed by atoms with Crippen LogP contribution in [-0.4, -0.2) is 64.8 Å². The Labute approximate surface area is 289 Å². The average Bonchev–Trinajstić information content (AvgIpc) is 3.08. The van der Waals surface area contributed by atoms with E-state index in [1.807, 2.05) is 36.4 Å². The molecule has 48 heavy (non-hydrogen) atoms. The summed E-state index contributed by atoms with van der Waals surface area (Å²) in [6, 6.07) is 26.2. The molecule has 0 bridgehead atoms. The van der Waals surface area contributed by atoms with Crippen molar-refractivity contribution in [3.8, 4) is 5.75 Å². The van der Waals surface area contributed by atoms with E-state index in [1.165, 1.54) is 17.9 Å². The lowest BCUT2D eigenvalue weighted by molar-refractivity contribution is -0.147. The highest BCUT2D eigenvalue weighted by molar-refractivity contribution is 6.35. The van der Waals surface area contributed by atoms with Crippen molar-refractivity contribution in [2.45, 2.75) is 44.1 Å². The van der Waals surface area contributed by atoms with Gasteiger partial charge in [-0.3, -0.25) is 9.59 Å². The molecule has 2 amide bonds. The molecule has 0 aliphatic carbocycles. The summed E-state index contributed by atoms with van der Waals surface area (Å²) >= 11 is 12.9. The Kier molecular flexibility index (Phi) is 11.7. The third-order valence-electron chi connectivity index (χ3n) is 8.25. The maximum absolute atomic E-state index is 14.1. The van der Waals surface area contributed by atoms with E-state index in [0.717, 1.165) is 11.1 Å².